The number of hydrogen-bond donors (Lipinski definition) is 0. The average molecular weight is 247 g/mol. The summed E-state index contributed by atoms with van der Waals surface area (Å²) in [6.07, 6.45) is 3.47. The van der Waals surface area contributed by atoms with Gasteiger partial charge in [-0.2, -0.15) is 5.26 Å². The van der Waals surface area contributed by atoms with Crippen LogP contribution in [0.5, 0.6) is 0 Å². The van der Waals surface area contributed by atoms with E-state index >= 15 is 0 Å². The molecule has 0 fully saturated rings. The van der Waals surface area contributed by atoms with Crippen LogP contribution >= 0.6 is 22.9 Å². The molecule has 4 heteroatoms. The number of rotatable bonds is 2. The van der Waals surface area contributed by atoms with Gasteiger partial charge >= 0.3 is 0 Å². The van der Waals surface area contributed by atoms with Crippen LogP contribution in [0.1, 0.15) is 10.6 Å². The second kappa shape index (κ2) is 4.93. The van der Waals surface area contributed by atoms with Crippen molar-refractivity contribution in [2.75, 3.05) is 0 Å². The van der Waals surface area contributed by atoms with E-state index in [1.807, 2.05) is 23.6 Å². The van der Waals surface area contributed by atoms with Gasteiger partial charge in [-0.05, 0) is 23.8 Å². The van der Waals surface area contributed by atoms with Crippen molar-refractivity contribution in [3.8, 4) is 6.07 Å². The number of thiazole rings is 1. The highest BCUT2D eigenvalue weighted by atomic mass is 35.5. The first-order valence-corrected chi connectivity index (χ1v) is 5.82. The van der Waals surface area contributed by atoms with Crippen LogP contribution < -0.4 is 0 Å². The Morgan fingerprint density at radius 3 is 3.00 bits per heavy atom. The highest BCUT2D eigenvalue weighted by molar-refractivity contribution is 7.10. The minimum atomic E-state index is 0.553. The number of aromatic nitrogens is 1. The number of nitriles is 1. The fourth-order valence-corrected chi connectivity index (χ4v) is 2.06. The van der Waals surface area contributed by atoms with Gasteiger partial charge in [-0.1, -0.05) is 23.7 Å². The molecule has 0 unspecified atom stereocenters. The zero-order chi connectivity index (χ0) is 11.4. The van der Waals surface area contributed by atoms with Crippen LogP contribution in [0, 0.1) is 11.3 Å². The first-order valence-electron chi connectivity index (χ1n) is 4.57. The van der Waals surface area contributed by atoms with E-state index in [1.165, 1.54) is 11.3 Å². The second-order valence-electron chi connectivity index (χ2n) is 3.06. The van der Waals surface area contributed by atoms with Crippen LogP contribution in [0.4, 0.5) is 0 Å². The van der Waals surface area contributed by atoms with Crippen LogP contribution in [0.15, 0.2) is 35.8 Å². The molecular formula is C12H7ClN2S. The zero-order valence-electron chi connectivity index (χ0n) is 8.22. The molecule has 16 heavy (non-hydrogen) atoms. The molecule has 2 aromatic rings. The van der Waals surface area contributed by atoms with E-state index in [9.17, 15) is 0 Å². The zero-order valence-corrected chi connectivity index (χ0v) is 9.79. The lowest BCUT2D eigenvalue weighted by molar-refractivity contribution is 1.38. The Morgan fingerprint density at radius 1 is 1.50 bits per heavy atom. The molecular weight excluding hydrogens is 240 g/mol. The second-order valence-corrected chi connectivity index (χ2v) is 4.39. The maximum Gasteiger partial charge on any atom is 0.133 e. The maximum absolute atomic E-state index is 9.04. The van der Waals surface area contributed by atoms with E-state index in [0.717, 1.165) is 10.6 Å². The first-order chi connectivity index (χ1) is 7.79. The van der Waals surface area contributed by atoms with Crippen molar-refractivity contribution < 1.29 is 0 Å². The number of allylic oxidation sites excluding steroid dienone is 1. The van der Waals surface area contributed by atoms with E-state index in [0.29, 0.717) is 10.6 Å². The lowest BCUT2D eigenvalue weighted by Gasteiger charge is -1.96. The Morgan fingerprint density at radius 2 is 2.38 bits per heavy atom. The van der Waals surface area contributed by atoms with Crippen LogP contribution in [-0.2, 0) is 0 Å². The molecule has 0 radical (unpaired) electrons. The molecule has 0 atom stereocenters. The van der Waals surface area contributed by atoms with Gasteiger partial charge in [0.1, 0.15) is 11.1 Å². The Kier molecular flexibility index (Phi) is 3.35. The van der Waals surface area contributed by atoms with Gasteiger partial charge in [0, 0.05) is 16.6 Å². The molecule has 0 saturated carbocycles. The third-order valence-electron chi connectivity index (χ3n) is 1.94. The number of nitrogens with zero attached hydrogens (tertiary/aromatic N) is 2. The van der Waals surface area contributed by atoms with Gasteiger partial charge in [-0.25, -0.2) is 4.98 Å². The van der Waals surface area contributed by atoms with Crippen molar-refractivity contribution in [2.45, 2.75) is 0 Å². The van der Waals surface area contributed by atoms with E-state index in [4.69, 9.17) is 16.9 Å². The standard InChI is InChI=1S/C12H7ClN2S/c13-11-3-1-2-9(7-11)6-10(8-14)12-15-4-5-16-12/h1-7H/b10-6+. The molecule has 2 rings (SSSR count). The molecule has 0 aliphatic rings. The van der Waals surface area contributed by atoms with Crippen molar-refractivity contribution in [1.82, 2.24) is 4.98 Å². The van der Waals surface area contributed by atoms with Crippen LogP contribution in [0.2, 0.25) is 5.02 Å². The van der Waals surface area contributed by atoms with Crippen molar-refractivity contribution in [2.24, 2.45) is 0 Å². The summed E-state index contributed by atoms with van der Waals surface area (Å²) >= 11 is 7.32. The summed E-state index contributed by atoms with van der Waals surface area (Å²) < 4.78 is 0. The maximum atomic E-state index is 9.04. The quantitative estimate of drug-likeness (QED) is 0.755. The third kappa shape index (κ3) is 2.48. The molecule has 1 heterocycles. The Balaban J connectivity index is 2.40. The molecule has 0 spiro atoms. The largest absolute Gasteiger partial charge is 0.244 e. The number of benzene rings is 1. The Labute approximate surface area is 102 Å². The van der Waals surface area contributed by atoms with Crippen molar-refractivity contribution in [3.05, 3.63) is 51.4 Å². The predicted molar refractivity (Wildman–Crippen MR) is 67.1 cm³/mol. The number of hydrogen-bond acceptors (Lipinski definition) is 3. The third-order valence-corrected chi connectivity index (χ3v) is 2.98. The highest BCUT2D eigenvalue weighted by Crippen LogP contribution is 2.20. The van der Waals surface area contributed by atoms with Gasteiger partial charge in [-0.15, -0.1) is 11.3 Å². The molecule has 1 aromatic heterocycles. The van der Waals surface area contributed by atoms with E-state index in [1.54, 1.807) is 18.3 Å². The summed E-state index contributed by atoms with van der Waals surface area (Å²) in [7, 11) is 0. The molecule has 0 N–H and O–H groups in total. The van der Waals surface area contributed by atoms with Crippen molar-refractivity contribution in [1.29, 1.82) is 5.26 Å². The molecule has 78 valence electrons. The van der Waals surface area contributed by atoms with Gasteiger partial charge < -0.3 is 0 Å². The summed E-state index contributed by atoms with van der Waals surface area (Å²) in [6.45, 7) is 0. The number of halogens is 1. The molecule has 1 aromatic carbocycles. The summed E-state index contributed by atoms with van der Waals surface area (Å²) in [5.41, 5.74) is 1.46. The molecule has 0 aliphatic carbocycles. The SMILES string of the molecule is N#C/C(=C\c1cccc(Cl)c1)c1nccs1. The van der Waals surface area contributed by atoms with E-state index in [2.05, 4.69) is 11.1 Å². The lowest BCUT2D eigenvalue weighted by Crippen LogP contribution is -1.79. The molecule has 0 saturated heterocycles. The molecule has 2 nitrogen and oxygen atoms in total. The summed E-state index contributed by atoms with van der Waals surface area (Å²) in [5.74, 6) is 0. The monoisotopic (exact) mass is 246 g/mol. The fourth-order valence-electron chi connectivity index (χ4n) is 1.26. The molecule has 0 amide bonds. The van der Waals surface area contributed by atoms with Crippen molar-refractivity contribution in [3.63, 3.8) is 0 Å². The summed E-state index contributed by atoms with van der Waals surface area (Å²) in [6, 6.07) is 9.50. The van der Waals surface area contributed by atoms with Crippen LogP contribution in [-0.4, -0.2) is 4.98 Å². The Bertz CT molecular complexity index is 553. The van der Waals surface area contributed by atoms with Gasteiger partial charge in [-0.3, -0.25) is 0 Å². The van der Waals surface area contributed by atoms with E-state index in [-0.39, 0.29) is 0 Å². The average Bonchev–Trinajstić information content (AvgIpc) is 2.79. The summed E-state index contributed by atoms with van der Waals surface area (Å²) in [4.78, 5) is 4.10. The van der Waals surface area contributed by atoms with Crippen LogP contribution in [0.3, 0.4) is 0 Å². The van der Waals surface area contributed by atoms with E-state index < -0.39 is 0 Å². The van der Waals surface area contributed by atoms with Gasteiger partial charge in [0.15, 0.2) is 0 Å². The summed E-state index contributed by atoms with van der Waals surface area (Å²) in [5, 5.41) is 12.3. The normalized spacial score (nSPS) is 11.1. The highest BCUT2D eigenvalue weighted by Gasteiger charge is 2.03. The lowest BCUT2D eigenvalue weighted by atomic mass is 10.1. The molecule has 0 bridgehead atoms. The van der Waals surface area contributed by atoms with Crippen molar-refractivity contribution >= 4 is 34.6 Å². The predicted octanol–water partition coefficient (Wildman–Crippen LogP) is 3.86. The fraction of sp³-hybridized carbons (Fsp3) is 0. The minimum Gasteiger partial charge on any atom is -0.244 e. The Hall–Kier alpha value is -1.63. The van der Waals surface area contributed by atoms with Gasteiger partial charge in [0.2, 0.25) is 0 Å². The minimum absolute atomic E-state index is 0.553. The van der Waals surface area contributed by atoms with Gasteiger partial charge in [0.05, 0.1) is 5.57 Å². The smallest absolute Gasteiger partial charge is 0.133 e. The van der Waals surface area contributed by atoms with Crippen LogP contribution in [0.25, 0.3) is 11.6 Å². The first kappa shape index (κ1) is 10.9. The van der Waals surface area contributed by atoms with Gasteiger partial charge in [0.25, 0.3) is 0 Å². The molecule has 0 aliphatic heterocycles. The topological polar surface area (TPSA) is 36.7 Å².